The van der Waals surface area contributed by atoms with Crippen LogP contribution in [0.15, 0.2) is 24.3 Å². The third kappa shape index (κ3) is 3.13. The molecule has 2 unspecified atom stereocenters. The second-order valence-electron chi connectivity index (χ2n) is 7.46. The summed E-state index contributed by atoms with van der Waals surface area (Å²) in [5.41, 5.74) is 1.34. The minimum Gasteiger partial charge on any atom is -0.497 e. The smallest absolute Gasteiger partial charge is 0.202 e. The van der Waals surface area contributed by atoms with E-state index in [1.165, 1.54) is 42.8 Å². The van der Waals surface area contributed by atoms with Gasteiger partial charge in [-0.2, -0.15) is 4.37 Å². The van der Waals surface area contributed by atoms with Crippen LogP contribution in [0.5, 0.6) is 5.75 Å². The maximum Gasteiger partial charge on any atom is 0.202 e. The van der Waals surface area contributed by atoms with Crippen molar-refractivity contribution >= 4 is 16.7 Å². The number of anilines is 1. The van der Waals surface area contributed by atoms with Gasteiger partial charge in [-0.1, -0.05) is 12.1 Å². The molecule has 0 spiro atoms. The molecule has 5 nitrogen and oxygen atoms in total. The quantitative estimate of drug-likeness (QED) is 0.853. The van der Waals surface area contributed by atoms with Gasteiger partial charge in [0.25, 0.3) is 0 Å². The number of hydrogen-bond donors (Lipinski definition) is 1. The third-order valence-corrected chi connectivity index (χ3v) is 6.24. The summed E-state index contributed by atoms with van der Waals surface area (Å²) >= 11 is 1.52. The van der Waals surface area contributed by atoms with E-state index >= 15 is 0 Å². The van der Waals surface area contributed by atoms with Crippen molar-refractivity contribution in [2.24, 2.45) is 0 Å². The van der Waals surface area contributed by atoms with E-state index in [1.54, 1.807) is 7.11 Å². The molecule has 25 heavy (non-hydrogen) atoms. The number of likely N-dealkylation sites (tertiary alicyclic amines) is 1. The predicted molar refractivity (Wildman–Crippen MR) is 99.4 cm³/mol. The summed E-state index contributed by atoms with van der Waals surface area (Å²) < 4.78 is 10.0. The zero-order valence-electron chi connectivity index (χ0n) is 14.5. The Kier molecular flexibility index (Phi) is 3.90. The summed E-state index contributed by atoms with van der Waals surface area (Å²) in [6, 6.07) is 10.1. The lowest BCUT2D eigenvalue weighted by atomic mass is 9.99. The van der Waals surface area contributed by atoms with Gasteiger partial charge >= 0.3 is 0 Å². The van der Waals surface area contributed by atoms with E-state index in [0.717, 1.165) is 35.7 Å². The molecular weight excluding hydrogens is 332 g/mol. The van der Waals surface area contributed by atoms with Gasteiger partial charge in [-0.05, 0) is 49.8 Å². The lowest BCUT2D eigenvalue weighted by molar-refractivity contribution is 0.240. The molecule has 1 aromatic carbocycles. The number of ether oxygens (including phenoxy) is 1. The SMILES string of the molecule is COc1cccc(C2C(Nc3nc(C4CC4)ns3)CCN2C2CC2)c1. The Balaban J connectivity index is 1.40. The molecule has 0 bridgehead atoms. The molecular formula is C19H24N4OS. The zero-order chi connectivity index (χ0) is 16.8. The van der Waals surface area contributed by atoms with Gasteiger partial charge in [0.1, 0.15) is 11.6 Å². The second-order valence-corrected chi connectivity index (χ2v) is 8.21. The molecule has 3 aliphatic rings. The lowest BCUT2D eigenvalue weighted by Gasteiger charge is -2.29. The van der Waals surface area contributed by atoms with Crippen LogP contribution in [0.3, 0.4) is 0 Å². The molecule has 2 heterocycles. The fourth-order valence-corrected chi connectivity index (χ4v) is 4.70. The predicted octanol–water partition coefficient (Wildman–Crippen LogP) is 3.81. The Bertz CT molecular complexity index is 755. The highest BCUT2D eigenvalue weighted by Gasteiger charge is 2.43. The number of aromatic nitrogens is 2. The van der Waals surface area contributed by atoms with Gasteiger partial charge in [-0.15, -0.1) is 0 Å². The molecule has 0 amide bonds. The third-order valence-electron chi connectivity index (χ3n) is 5.58. The van der Waals surface area contributed by atoms with E-state index in [0.29, 0.717) is 18.0 Å². The van der Waals surface area contributed by atoms with Crippen LogP contribution in [0, 0.1) is 0 Å². The van der Waals surface area contributed by atoms with Crippen molar-refractivity contribution in [3.05, 3.63) is 35.7 Å². The number of benzene rings is 1. The summed E-state index contributed by atoms with van der Waals surface area (Å²) in [5, 5.41) is 4.69. The van der Waals surface area contributed by atoms with Gasteiger partial charge in [-0.25, -0.2) is 4.98 Å². The number of methoxy groups -OCH3 is 1. The van der Waals surface area contributed by atoms with E-state index < -0.39 is 0 Å². The van der Waals surface area contributed by atoms with Crippen molar-refractivity contribution in [1.29, 1.82) is 0 Å². The molecule has 2 aliphatic carbocycles. The molecule has 1 aromatic heterocycles. The van der Waals surface area contributed by atoms with Crippen LogP contribution < -0.4 is 10.1 Å². The Morgan fingerprint density at radius 2 is 2.08 bits per heavy atom. The van der Waals surface area contributed by atoms with Crippen LogP contribution >= 0.6 is 11.5 Å². The van der Waals surface area contributed by atoms with Crippen LogP contribution in [0.4, 0.5) is 5.13 Å². The topological polar surface area (TPSA) is 50.3 Å². The van der Waals surface area contributed by atoms with E-state index in [-0.39, 0.29) is 0 Å². The number of nitrogens with zero attached hydrogens (tertiary/aromatic N) is 3. The average molecular weight is 356 g/mol. The molecule has 2 atom stereocenters. The van der Waals surface area contributed by atoms with Gasteiger partial charge in [-0.3, -0.25) is 4.90 Å². The van der Waals surface area contributed by atoms with Gasteiger partial charge in [0.05, 0.1) is 13.2 Å². The lowest BCUT2D eigenvalue weighted by Crippen LogP contribution is -2.32. The Morgan fingerprint density at radius 3 is 2.84 bits per heavy atom. The van der Waals surface area contributed by atoms with Crippen LogP contribution in [0.25, 0.3) is 0 Å². The molecule has 2 aromatic rings. The summed E-state index contributed by atoms with van der Waals surface area (Å²) in [4.78, 5) is 7.41. The number of rotatable bonds is 6. The summed E-state index contributed by atoms with van der Waals surface area (Å²) in [6.45, 7) is 1.15. The van der Waals surface area contributed by atoms with E-state index in [4.69, 9.17) is 9.72 Å². The fraction of sp³-hybridized carbons (Fsp3) is 0.579. The minimum absolute atomic E-state index is 0.382. The van der Waals surface area contributed by atoms with E-state index in [1.807, 2.05) is 6.07 Å². The second kappa shape index (κ2) is 6.25. The molecule has 1 saturated heterocycles. The molecule has 2 saturated carbocycles. The Hall–Kier alpha value is -1.66. The van der Waals surface area contributed by atoms with Crippen molar-refractivity contribution in [2.45, 2.75) is 56.1 Å². The fourth-order valence-electron chi connectivity index (χ4n) is 3.99. The standard InChI is InChI=1S/C19H24N4OS/c1-24-15-4-2-3-13(11-15)17-16(9-10-23(17)14-7-8-14)20-19-21-18(22-25-19)12-5-6-12/h2-4,11-12,14,16-17H,5-10H2,1H3,(H,20,21,22). The van der Waals surface area contributed by atoms with Crippen molar-refractivity contribution in [3.8, 4) is 5.75 Å². The van der Waals surface area contributed by atoms with Gasteiger partial charge < -0.3 is 10.1 Å². The molecule has 1 N–H and O–H groups in total. The normalized spacial score (nSPS) is 26.8. The highest BCUT2D eigenvalue weighted by Crippen LogP contribution is 2.43. The van der Waals surface area contributed by atoms with Crippen LogP contribution in [-0.2, 0) is 0 Å². The summed E-state index contributed by atoms with van der Waals surface area (Å²) in [7, 11) is 1.74. The summed E-state index contributed by atoms with van der Waals surface area (Å²) in [6.07, 6.45) is 6.31. The highest BCUT2D eigenvalue weighted by atomic mass is 32.1. The first kappa shape index (κ1) is 15.6. The average Bonchev–Trinajstić information content (AvgIpc) is 3.58. The van der Waals surface area contributed by atoms with E-state index in [2.05, 4.69) is 32.8 Å². The van der Waals surface area contributed by atoms with Gasteiger partial charge in [0, 0.05) is 36.1 Å². The number of nitrogens with one attached hydrogen (secondary N) is 1. The number of hydrogen-bond acceptors (Lipinski definition) is 6. The van der Waals surface area contributed by atoms with Crippen molar-refractivity contribution < 1.29 is 4.74 Å². The van der Waals surface area contributed by atoms with E-state index in [9.17, 15) is 0 Å². The first-order valence-corrected chi connectivity index (χ1v) is 10.1. The Morgan fingerprint density at radius 1 is 1.20 bits per heavy atom. The molecule has 1 aliphatic heterocycles. The minimum atomic E-state index is 0.382. The Labute approximate surface area is 152 Å². The van der Waals surface area contributed by atoms with Gasteiger partial charge in [0.15, 0.2) is 0 Å². The zero-order valence-corrected chi connectivity index (χ0v) is 15.3. The van der Waals surface area contributed by atoms with Crippen LogP contribution in [-0.4, -0.2) is 40.0 Å². The monoisotopic (exact) mass is 356 g/mol. The van der Waals surface area contributed by atoms with Gasteiger partial charge in [0.2, 0.25) is 5.13 Å². The van der Waals surface area contributed by atoms with Crippen molar-refractivity contribution in [1.82, 2.24) is 14.3 Å². The maximum atomic E-state index is 5.46. The van der Waals surface area contributed by atoms with Crippen molar-refractivity contribution in [2.75, 3.05) is 19.0 Å². The largest absolute Gasteiger partial charge is 0.497 e. The maximum absolute atomic E-state index is 5.46. The first-order valence-electron chi connectivity index (χ1n) is 9.31. The van der Waals surface area contributed by atoms with Crippen molar-refractivity contribution in [3.63, 3.8) is 0 Å². The summed E-state index contributed by atoms with van der Waals surface area (Å²) in [5.74, 6) is 2.60. The highest BCUT2D eigenvalue weighted by molar-refractivity contribution is 7.09. The molecule has 5 rings (SSSR count). The van der Waals surface area contributed by atoms with Crippen LogP contribution in [0.2, 0.25) is 0 Å². The molecule has 132 valence electrons. The first-order chi connectivity index (χ1) is 12.3. The molecule has 3 fully saturated rings. The molecule has 6 heteroatoms. The van der Waals surface area contributed by atoms with Crippen LogP contribution in [0.1, 0.15) is 55.5 Å². The molecule has 0 radical (unpaired) electrons.